The molecule has 0 aliphatic heterocycles. The van der Waals surface area contributed by atoms with E-state index < -0.39 is 0 Å². The molecule has 0 aliphatic carbocycles. The first kappa shape index (κ1) is 13.4. The number of carbonyl (C=O) groups excluding carboxylic acids is 1. The van der Waals surface area contributed by atoms with E-state index in [1.165, 1.54) is 0 Å². The maximum atomic E-state index is 11.6. The molecule has 0 aromatic heterocycles. The Bertz CT molecular complexity index is 159. The molecule has 0 bridgehead atoms. The van der Waals surface area contributed by atoms with Gasteiger partial charge in [-0.3, -0.25) is 4.79 Å². The Morgan fingerprint density at radius 2 is 2.14 bits per heavy atom. The zero-order valence-corrected chi connectivity index (χ0v) is 9.55. The Morgan fingerprint density at radius 1 is 1.50 bits per heavy atom. The van der Waals surface area contributed by atoms with Crippen LogP contribution in [0.5, 0.6) is 0 Å². The van der Waals surface area contributed by atoms with Gasteiger partial charge >= 0.3 is 0 Å². The fourth-order valence-electron chi connectivity index (χ4n) is 1.27. The monoisotopic (exact) mass is 201 g/mol. The van der Waals surface area contributed by atoms with Crippen LogP contribution in [-0.4, -0.2) is 44.5 Å². The Labute approximate surface area is 86.8 Å². The second-order valence-corrected chi connectivity index (χ2v) is 3.78. The van der Waals surface area contributed by atoms with Gasteiger partial charge in [-0.05, 0) is 33.5 Å². The number of nitrogens with two attached hydrogens (primary N) is 1. The van der Waals surface area contributed by atoms with Crippen molar-refractivity contribution in [3.8, 4) is 0 Å². The van der Waals surface area contributed by atoms with Gasteiger partial charge < -0.3 is 16.0 Å². The van der Waals surface area contributed by atoms with Crippen molar-refractivity contribution in [3.63, 3.8) is 0 Å². The summed E-state index contributed by atoms with van der Waals surface area (Å²) in [7, 11) is 3.98. The highest BCUT2D eigenvalue weighted by molar-refractivity contribution is 5.78. The number of hydrogen-bond donors (Lipinski definition) is 2. The van der Waals surface area contributed by atoms with E-state index in [1.807, 2.05) is 25.9 Å². The molecule has 84 valence electrons. The average Bonchev–Trinajstić information content (AvgIpc) is 2.13. The number of likely N-dealkylation sites (N-methyl/N-ethyl adjacent to an activating group) is 1. The van der Waals surface area contributed by atoms with E-state index in [-0.39, 0.29) is 11.8 Å². The van der Waals surface area contributed by atoms with Gasteiger partial charge in [0.25, 0.3) is 0 Å². The van der Waals surface area contributed by atoms with Gasteiger partial charge in [0, 0.05) is 19.0 Å². The molecule has 0 rings (SSSR count). The predicted octanol–water partition coefficient (Wildman–Crippen LogP) is 0.0392. The molecule has 4 heteroatoms. The minimum Gasteiger partial charge on any atom is -0.355 e. The molecule has 0 fully saturated rings. The Kier molecular flexibility index (Phi) is 7.42. The van der Waals surface area contributed by atoms with Gasteiger partial charge in [-0.15, -0.1) is 0 Å². The van der Waals surface area contributed by atoms with Crippen LogP contribution in [0.25, 0.3) is 0 Å². The molecule has 0 aliphatic rings. The lowest BCUT2D eigenvalue weighted by molar-refractivity contribution is -0.125. The summed E-state index contributed by atoms with van der Waals surface area (Å²) in [6, 6.07) is 0. The van der Waals surface area contributed by atoms with Gasteiger partial charge in [0.1, 0.15) is 0 Å². The van der Waals surface area contributed by atoms with Crippen LogP contribution in [0.4, 0.5) is 0 Å². The number of amides is 1. The van der Waals surface area contributed by atoms with Crippen LogP contribution in [0.3, 0.4) is 0 Å². The van der Waals surface area contributed by atoms with E-state index in [0.29, 0.717) is 13.1 Å². The van der Waals surface area contributed by atoms with E-state index in [2.05, 4.69) is 5.32 Å². The van der Waals surface area contributed by atoms with Crippen molar-refractivity contribution in [1.82, 2.24) is 10.2 Å². The van der Waals surface area contributed by atoms with Crippen LogP contribution in [0, 0.1) is 5.92 Å². The standard InChI is InChI=1S/C10H23N3O/c1-4-9(5-6-11)10(14)12-7-8-13(2)3/h9H,4-8,11H2,1-3H3,(H,12,14). The third-order valence-corrected chi connectivity index (χ3v) is 2.24. The average molecular weight is 201 g/mol. The van der Waals surface area contributed by atoms with Crippen LogP contribution < -0.4 is 11.1 Å². The van der Waals surface area contributed by atoms with Gasteiger partial charge in [0.2, 0.25) is 5.91 Å². The van der Waals surface area contributed by atoms with E-state index in [4.69, 9.17) is 5.73 Å². The number of rotatable bonds is 7. The molecule has 1 unspecified atom stereocenters. The van der Waals surface area contributed by atoms with Crippen LogP contribution in [-0.2, 0) is 4.79 Å². The molecule has 0 heterocycles. The lowest BCUT2D eigenvalue weighted by atomic mass is 10.0. The molecule has 0 aromatic rings. The van der Waals surface area contributed by atoms with Gasteiger partial charge in [-0.25, -0.2) is 0 Å². The summed E-state index contributed by atoms with van der Waals surface area (Å²) in [5.74, 6) is 0.224. The van der Waals surface area contributed by atoms with Crippen molar-refractivity contribution in [2.45, 2.75) is 19.8 Å². The lowest BCUT2D eigenvalue weighted by Gasteiger charge is -2.15. The molecule has 1 amide bonds. The SMILES string of the molecule is CCC(CCN)C(=O)NCCN(C)C. The molecule has 0 aromatic carbocycles. The van der Waals surface area contributed by atoms with E-state index in [0.717, 1.165) is 19.4 Å². The Balaban J connectivity index is 3.69. The number of hydrogen-bond acceptors (Lipinski definition) is 3. The van der Waals surface area contributed by atoms with Gasteiger partial charge in [0.05, 0.1) is 0 Å². The first-order valence-corrected chi connectivity index (χ1v) is 5.24. The third-order valence-electron chi connectivity index (χ3n) is 2.24. The summed E-state index contributed by atoms with van der Waals surface area (Å²) < 4.78 is 0. The lowest BCUT2D eigenvalue weighted by Crippen LogP contribution is -2.36. The van der Waals surface area contributed by atoms with Crippen molar-refractivity contribution in [3.05, 3.63) is 0 Å². The molecular formula is C10H23N3O. The fraction of sp³-hybridized carbons (Fsp3) is 0.900. The smallest absolute Gasteiger partial charge is 0.223 e. The third kappa shape index (κ3) is 5.94. The summed E-state index contributed by atoms with van der Waals surface area (Å²) in [5, 5.41) is 2.91. The summed E-state index contributed by atoms with van der Waals surface area (Å²) in [5.41, 5.74) is 5.43. The zero-order chi connectivity index (χ0) is 11.0. The van der Waals surface area contributed by atoms with Crippen LogP contribution in [0.15, 0.2) is 0 Å². The topological polar surface area (TPSA) is 58.4 Å². The number of nitrogens with one attached hydrogen (secondary N) is 1. The summed E-state index contributed by atoms with van der Waals surface area (Å²) in [6.07, 6.45) is 1.65. The maximum absolute atomic E-state index is 11.6. The summed E-state index contributed by atoms with van der Waals surface area (Å²) >= 11 is 0. The molecule has 3 N–H and O–H groups in total. The second kappa shape index (κ2) is 7.76. The minimum absolute atomic E-state index is 0.0853. The highest BCUT2D eigenvalue weighted by atomic mass is 16.1. The first-order valence-electron chi connectivity index (χ1n) is 5.24. The second-order valence-electron chi connectivity index (χ2n) is 3.78. The molecule has 1 atom stereocenters. The molecule has 0 saturated heterocycles. The van der Waals surface area contributed by atoms with E-state index >= 15 is 0 Å². The molecular weight excluding hydrogens is 178 g/mol. The van der Waals surface area contributed by atoms with Crippen molar-refractivity contribution >= 4 is 5.91 Å². The van der Waals surface area contributed by atoms with Crippen LogP contribution in [0.1, 0.15) is 19.8 Å². The highest BCUT2D eigenvalue weighted by Gasteiger charge is 2.14. The Morgan fingerprint density at radius 3 is 2.57 bits per heavy atom. The van der Waals surface area contributed by atoms with E-state index in [9.17, 15) is 4.79 Å². The molecule has 0 spiro atoms. The molecule has 0 radical (unpaired) electrons. The fourth-order valence-corrected chi connectivity index (χ4v) is 1.27. The highest BCUT2D eigenvalue weighted by Crippen LogP contribution is 2.06. The van der Waals surface area contributed by atoms with Gasteiger partial charge in [0.15, 0.2) is 0 Å². The van der Waals surface area contributed by atoms with Crippen LogP contribution in [0.2, 0.25) is 0 Å². The minimum atomic E-state index is 0.0853. The number of nitrogens with zero attached hydrogens (tertiary/aromatic N) is 1. The van der Waals surface area contributed by atoms with E-state index in [1.54, 1.807) is 0 Å². The van der Waals surface area contributed by atoms with Crippen LogP contribution >= 0.6 is 0 Å². The maximum Gasteiger partial charge on any atom is 0.223 e. The van der Waals surface area contributed by atoms with Gasteiger partial charge in [-0.1, -0.05) is 6.92 Å². The van der Waals surface area contributed by atoms with Crippen molar-refractivity contribution in [2.24, 2.45) is 11.7 Å². The first-order chi connectivity index (χ1) is 6.61. The predicted molar refractivity (Wildman–Crippen MR) is 59.0 cm³/mol. The normalized spacial score (nSPS) is 12.9. The molecule has 14 heavy (non-hydrogen) atoms. The van der Waals surface area contributed by atoms with Crippen molar-refractivity contribution < 1.29 is 4.79 Å². The summed E-state index contributed by atoms with van der Waals surface area (Å²) in [4.78, 5) is 13.6. The van der Waals surface area contributed by atoms with Crippen molar-refractivity contribution in [2.75, 3.05) is 33.7 Å². The van der Waals surface area contributed by atoms with Gasteiger partial charge in [-0.2, -0.15) is 0 Å². The molecule has 0 saturated carbocycles. The molecule has 4 nitrogen and oxygen atoms in total. The largest absolute Gasteiger partial charge is 0.355 e. The quantitative estimate of drug-likeness (QED) is 0.611. The number of carbonyl (C=O) groups is 1. The summed E-state index contributed by atoms with van der Waals surface area (Å²) in [6.45, 7) is 4.20. The Hall–Kier alpha value is -0.610. The zero-order valence-electron chi connectivity index (χ0n) is 9.55. The van der Waals surface area contributed by atoms with Crippen molar-refractivity contribution in [1.29, 1.82) is 0 Å².